The van der Waals surface area contributed by atoms with E-state index in [0.717, 1.165) is 22.0 Å². The van der Waals surface area contributed by atoms with Crippen molar-refractivity contribution >= 4 is 38.8 Å². The molecule has 3 aromatic heterocycles. The molecule has 148 valence electrons. The first kappa shape index (κ1) is 19.6. The minimum atomic E-state index is -3.77. The fourth-order valence-electron chi connectivity index (χ4n) is 2.91. The lowest BCUT2D eigenvalue weighted by atomic mass is 10.2. The number of anilines is 1. The van der Waals surface area contributed by atoms with E-state index < -0.39 is 10.0 Å². The second-order valence-electron chi connectivity index (χ2n) is 6.40. The van der Waals surface area contributed by atoms with Gasteiger partial charge in [-0.3, -0.25) is 4.72 Å². The van der Waals surface area contributed by atoms with E-state index in [1.165, 1.54) is 17.5 Å². The minimum absolute atomic E-state index is 0.198. The fourth-order valence-corrected chi connectivity index (χ4v) is 5.21. The van der Waals surface area contributed by atoms with Gasteiger partial charge < -0.3 is 4.57 Å². The molecule has 1 N–H and O–H groups in total. The third-order valence-electron chi connectivity index (χ3n) is 4.55. The molecule has 0 aliphatic rings. The van der Waals surface area contributed by atoms with Crippen molar-refractivity contribution in [2.75, 3.05) is 4.72 Å². The maximum absolute atomic E-state index is 12.9. The molecular formula is C20H17ClN4O2S2. The summed E-state index contributed by atoms with van der Waals surface area (Å²) in [5.74, 6) is 0.275. The zero-order chi connectivity index (χ0) is 20.6. The Hall–Kier alpha value is -2.68. The SMILES string of the molecule is Cc1c(S(=O)(=O)Nc2ccccn2)cc(-c2nc(-c3ccc(Cl)cc3)cs2)n1C. The number of sulfonamides is 1. The van der Waals surface area contributed by atoms with Gasteiger partial charge in [-0.15, -0.1) is 11.3 Å². The molecule has 0 saturated heterocycles. The molecule has 0 aliphatic carbocycles. The summed E-state index contributed by atoms with van der Waals surface area (Å²) in [6.45, 7) is 1.77. The first-order chi connectivity index (χ1) is 13.8. The summed E-state index contributed by atoms with van der Waals surface area (Å²) in [6, 6.07) is 14.1. The molecule has 0 radical (unpaired) electrons. The van der Waals surface area contributed by atoms with Crippen LogP contribution in [-0.4, -0.2) is 23.0 Å². The summed E-state index contributed by atoms with van der Waals surface area (Å²) < 4.78 is 30.1. The van der Waals surface area contributed by atoms with Crippen LogP contribution >= 0.6 is 22.9 Å². The molecule has 4 aromatic rings. The van der Waals surface area contributed by atoms with Crippen molar-refractivity contribution in [1.82, 2.24) is 14.5 Å². The number of hydrogen-bond acceptors (Lipinski definition) is 5. The third kappa shape index (κ3) is 3.91. The van der Waals surface area contributed by atoms with Crippen LogP contribution in [0, 0.1) is 6.92 Å². The number of halogens is 1. The molecule has 0 aliphatic heterocycles. The van der Waals surface area contributed by atoms with E-state index in [1.807, 2.05) is 41.3 Å². The van der Waals surface area contributed by atoms with Crippen molar-refractivity contribution in [3.8, 4) is 22.0 Å². The van der Waals surface area contributed by atoms with Gasteiger partial charge in [0.05, 0.1) is 11.4 Å². The van der Waals surface area contributed by atoms with Crippen LogP contribution in [-0.2, 0) is 17.1 Å². The summed E-state index contributed by atoms with van der Waals surface area (Å²) in [7, 11) is -1.95. The zero-order valence-electron chi connectivity index (χ0n) is 15.6. The number of nitrogens with one attached hydrogen (secondary N) is 1. The zero-order valence-corrected chi connectivity index (χ0v) is 18.0. The predicted octanol–water partition coefficient (Wildman–Crippen LogP) is 4.97. The molecule has 0 amide bonds. The summed E-state index contributed by atoms with van der Waals surface area (Å²) in [4.78, 5) is 8.92. The van der Waals surface area contributed by atoms with Crippen molar-refractivity contribution in [1.29, 1.82) is 0 Å². The van der Waals surface area contributed by atoms with Crippen LogP contribution in [0.3, 0.4) is 0 Å². The lowest BCUT2D eigenvalue weighted by Crippen LogP contribution is -2.14. The fraction of sp³-hybridized carbons (Fsp3) is 0.100. The van der Waals surface area contributed by atoms with E-state index in [9.17, 15) is 8.42 Å². The number of hydrogen-bond donors (Lipinski definition) is 1. The van der Waals surface area contributed by atoms with Gasteiger partial charge in [-0.25, -0.2) is 18.4 Å². The van der Waals surface area contributed by atoms with Crippen LogP contribution in [0.15, 0.2) is 65.0 Å². The maximum atomic E-state index is 12.9. The average molecular weight is 445 g/mol. The highest BCUT2D eigenvalue weighted by Crippen LogP contribution is 2.33. The van der Waals surface area contributed by atoms with Crippen molar-refractivity contribution in [2.24, 2.45) is 7.05 Å². The highest BCUT2D eigenvalue weighted by Gasteiger charge is 2.24. The summed E-state index contributed by atoms with van der Waals surface area (Å²) >= 11 is 7.41. The second-order valence-corrected chi connectivity index (χ2v) is 9.35. The summed E-state index contributed by atoms with van der Waals surface area (Å²) in [5, 5.41) is 3.35. The number of benzene rings is 1. The van der Waals surface area contributed by atoms with E-state index in [-0.39, 0.29) is 10.7 Å². The molecule has 29 heavy (non-hydrogen) atoms. The third-order valence-corrected chi connectivity index (χ3v) is 7.13. The highest BCUT2D eigenvalue weighted by molar-refractivity contribution is 7.92. The van der Waals surface area contributed by atoms with Crippen molar-refractivity contribution in [2.45, 2.75) is 11.8 Å². The lowest BCUT2D eigenvalue weighted by molar-refractivity contribution is 0.600. The summed E-state index contributed by atoms with van der Waals surface area (Å²) in [6.07, 6.45) is 1.54. The molecule has 0 saturated carbocycles. The van der Waals surface area contributed by atoms with Gasteiger partial charge >= 0.3 is 0 Å². The molecule has 4 rings (SSSR count). The van der Waals surface area contributed by atoms with Crippen LogP contribution in [0.1, 0.15) is 5.69 Å². The van der Waals surface area contributed by atoms with Crippen LogP contribution in [0.2, 0.25) is 5.02 Å². The standard InChI is InChI=1S/C20H17ClN4O2S2/c1-13-18(29(26,27)24-19-5-3-4-10-22-19)11-17(25(13)2)20-23-16(12-28-20)14-6-8-15(21)9-7-14/h3-12H,1-2H3,(H,22,24). The summed E-state index contributed by atoms with van der Waals surface area (Å²) in [5.41, 5.74) is 3.12. The van der Waals surface area contributed by atoms with Gasteiger partial charge in [-0.2, -0.15) is 0 Å². The highest BCUT2D eigenvalue weighted by atomic mass is 35.5. The van der Waals surface area contributed by atoms with Gasteiger partial charge in [0.2, 0.25) is 0 Å². The van der Waals surface area contributed by atoms with Crippen LogP contribution < -0.4 is 4.72 Å². The molecule has 0 bridgehead atoms. The number of thiazole rings is 1. The lowest BCUT2D eigenvalue weighted by Gasteiger charge is -2.07. The van der Waals surface area contributed by atoms with Crippen LogP contribution in [0.25, 0.3) is 22.0 Å². The normalized spacial score (nSPS) is 11.6. The van der Waals surface area contributed by atoms with Gasteiger partial charge in [0.1, 0.15) is 15.7 Å². The average Bonchev–Trinajstić information content (AvgIpc) is 3.29. The number of aromatic nitrogens is 3. The molecule has 9 heteroatoms. The minimum Gasteiger partial charge on any atom is -0.345 e. The quantitative estimate of drug-likeness (QED) is 0.471. The van der Waals surface area contributed by atoms with Gasteiger partial charge in [0.15, 0.2) is 0 Å². The first-order valence-electron chi connectivity index (χ1n) is 8.67. The van der Waals surface area contributed by atoms with Crippen molar-refractivity contribution in [3.63, 3.8) is 0 Å². The van der Waals surface area contributed by atoms with Crippen LogP contribution in [0.5, 0.6) is 0 Å². The van der Waals surface area contributed by atoms with E-state index in [0.29, 0.717) is 10.7 Å². The van der Waals surface area contributed by atoms with Gasteiger partial charge in [0.25, 0.3) is 10.0 Å². The molecule has 0 fully saturated rings. The Bertz CT molecular complexity index is 1260. The Balaban J connectivity index is 1.69. The Morgan fingerprint density at radius 3 is 2.59 bits per heavy atom. The molecule has 0 atom stereocenters. The van der Waals surface area contributed by atoms with Gasteiger partial charge in [-0.05, 0) is 37.3 Å². The van der Waals surface area contributed by atoms with E-state index in [1.54, 1.807) is 31.2 Å². The smallest absolute Gasteiger partial charge is 0.264 e. The Morgan fingerprint density at radius 1 is 1.14 bits per heavy atom. The van der Waals surface area contributed by atoms with Crippen molar-refractivity contribution < 1.29 is 8.42 Å². The van der Waals surface area contributed by atoms with Crippen molar-refractivity contribution in [3.05, 3.63) is 70.8 Å². The van der Waals surface area contributed by atoms with Crippen LogP contribution in [0.4, 0.5) is 5.82 Å². The van der Waals surface area contributed by atoms with E-state index in [2.05, 4.69) is 14.7 Å². The first-order valence-corrected chi connectivity index (χ1v) is 11.4. The second kappa shape index (κ2) is 7.62. The Labute approximate surface area is 177 Å². The molecule has 1 aromatic carbocycles. The van der Waals surface area contributed by atoms with E-state index >= 15 is 0 Å². The Kier molecular flexibility index (Phi) is 5.16. The molecule has 3 heterocycles. The van der Waals surface area contributed by atoms with Gasteiger partial charge in [0, 0.05) is 34.9 Å². The molecule has 0 spiro atoms. The molecule has 0 unspecified atom stereocenters. The van der Waals surface area contributed by atoms with Gasteiger partial charge in [-0.1, -0.05) is 29.8 Å². The topological polar surface area (TPSA) is 76.9 Å². The number of rotatable bonds is 5. The van der Waals surface area contributed by atoms with E-state index in [4.69, 9.17) is 11.6 Å². The predicted molar refractivity (Wildman–Crippen MR) is 117 cm³/mol. The largest absolute Gasteiger partial charge is 0.345 e. The molecule has 6 nitrogen and oxygen atoms in total. The monoisotopic (exact) mass is 444 g/mol. The molecular weight excluding hydrogens is 428 g/mol. The maximum Gasteiger partial charge on any atom is 0.264 e. The Morgan fingerprint density at radius 2 is 1.90 bits per heavy atom. The number of pyridine rings is 1. The number of nitrogens with zero attached hydrogens (tertiary/aromatic N) is 3.